The number of benzene rings is 1. The lowest BCUT2D eigenvalue weighted by Gasteiger charge is -2.12. The van der Waals surface area contributed by atoms with Crippen LogP contribution in [0.15, 0.2) is 42.6 Å². The number of hydrogen-bond donors (Lipinski definition) is 1. The molecule has 1 aromatic carbocycles. The Hall–Kier alpha value is -2.11. The molecule has 0 amide bonds. The van der Waals surface area contributed by atoms with E-state index in [0.717, 1.165) is 11.3 Å². The average molecular weight is 274 g/mol. The number of hydrogen-bond acceptors (Lipinski definition) is 5. The summed E-state index contributed by atoms with van der Waals surface area (Å²) in [6.45, 7) is 0.931. The molecule has 1 N–H and O–H groups in total. The van der Waals surface area contributed by atoms with Gasteiger partial charge in [0, 0.05) is 12.3 Å². The second-order valence-corrected chi connectivity index (χ2v) is 4.09. The van der Waals surface area contributed by atoms with E-state index in [0.29, 0.717) is 24.7 Å². The maximum atomic E-state index is 5.41. The Morgan fingerprint density at radius 2 is 1.85 bits per heavy atom. The predicted octanol–water partition coefficient (Wildman–Crippen LogP) is 2.32. The molecule has 1 heterocycles. The standard InChI is InChI=1S/C15H18N2O3/c1-18-14-8-9-16-13(15(14)19-2)10-17-20-11-12-6-4-3-5-7-12/h3-9,17H,10-11H2,1-2H3. The molecule has 0 aliphatic rings. The molecule has 0 saturated heterocycles. The van der Waals surface area contributed by atoms with Gasteiger partial charge in [-0.2, -0.15) is 5.48 Å². The molecular weight excluding hydrogens is 256 g/mol. The van der Waals surface area contributed by atoms with Gasteiger partial charge in [0.05, 0.1) is 27.4 Å². The summed E-state index contributed by atoms with van der Waals surface area (Å²) in [5.74, 6) is 1.27. The molecule has 5 nitrogen and oxygen atoms in total. The van der Waals surface area contributed by atoms with Crippen molar-refractivity contribution in [1.29, 1.82) is 0 Å². The summed E-state index contributed by atoms with van der Waals surface area (Å²) < 4.78 is 10.5. The monoisotopic (exact) mass is 274 g/mol. The van der Waals surface area contributed by atoms with Gasteiger partial charge < -0.3 is 9.47 Å². The summed E-state index contributed by atoms with van der Waals surface area (Å²) >= 11 is 0. The van der Waals surface area contributed by atoms with Crippen LogP contribution < -0.4 is 15.0 Å². The van der Waals surface area contributed by atoms with E-state index in [1.165, 1.54) is 0 Å². The fraction of sp³-hybridized carbons (Fsp3) is 0.267. The number of ether oxygens (including phenoxy) is 2. The lowest BCUT2D eigenvalue weighted by atomic mass is 10.2. The number of nitrogens with one attached hydrogen (secondary N) is 1. The van der Waals surface area contributed by atoms with Crippen LogP contribution in [0.2, 0.25) is 0 Å². The van der Waals surface area contributed by atoms with E-state index in [1.54, 1.807) is 26.5 Å². The fourth-order valence-electron chi connectivity index (χ4n) is 1.80. The third-order valence-corrected chi connectivity index (χ3v) is 2.79. The fourth-order valence-corrected chi connectivity index (χ4v) is 1.80. The number of rotatable bonds is 7. The molecule has 0 aliphatic heterocycles. The van der Waals surface area contributed by atoms with Crippen LogP contribution in [0.25, 0.3) is 0 Å². The highest BCUT2D eigenvalue weighted by Gasteiger charge is 2.10. The molecule has 106 valence electrons. The Morgan fingerprint density at radius 3 is 2.55 bits per heavy atom. The molecular formula is C15H18N2O3. The zero-order valence-corrected chi connectivity index (χ0v) is 11.6. The average Bonchev–Trinajstić information content (AvgIpc) is 2.52. The van der Waals surface area contributed by atoms with Gasteiger partial charge in [-0.05, 0) is 5.56 Å². The number of hydroxylamine groups is 1. The van der Waals surface area contributed by atoms with Crippen molar-refractivity contribution in [3.63, 3.8) is 0 Å². The largest absolute Gasteiger partial charge is 0.493 e. The van der Waals surface area contributed by atoms with Crippen LogP contribution in [0.4, 0.5) is 0 Å². The summed E-state index contributed by atoms with van der Waals surface area (Å²) in [7, 11) is 3.19. The van der Waals surface area contributed by atoms with E-state index >= 15 is 0 Å². The van der Waals surface area contributed by atoms with Crippen LogP contribution in [0.3, 0.4) is 0 Å². The van der Waals surface area contributed by atoms with Gasteiger partial charge in [0.25, 0.3) is 0 Å². The smallest absolute Gasteiger partial charge is 0.183 e. The van der Waals surface area contributed by atoms with Crippen molar-refractivity contribution >= 4 is 0 Å². The van der Waals surface area contributed by atoms with E-state index in [9.17, 15) is 0 Å². The van der Waals surface area contributed by atoms with Crippen LogP contribution >= 0.6 is 0 Å². The Balaban J connectivity index is 1.88. The van der Waals surface area contributed by atoms with Crippen molar-refractivity contribution in [3.05, 3.63) is 53.9 Å². The van der Waals surface area contributed by atoms with Gasteiger partial charge in [-0.3, -0.25) is 9.82 Å². The van der Waals surface area contributed by atoms with Gasteiger partial charge in [0.15, 0.2) is 11.5 Å². The lowest BCUT2D eigenvalue weighted by molar-refractivity contribution is 0.0224. The summed E-state index contributed by atoms with van der Waals surface area (Å²) in [4.78, 5) is 9.67. The Morgan fingerprint density at radius 1 is 1.05 bits per heavy atom. The number of aromatic nitrogens is 1. The lowest BCUT2D eigenvalue weighted by Crippen LogP contribution is -2.15. The summed E-state index contributed by atoms with van der Waals surface area (Å²) in [6, 6.07) is 11.7. The van der Waals surface area contributed by atoms with Gasteiger partial charge in [-0.15, -0.1) is 0 Å². The van der Waals surface area contributed by atoms with Crippen LogP contribution in [-0.2, 0) is 18.0 Å². The molecule has 0 spiro atoms. The highest BCUT2D eigenvalue weighted by Crippen LogP contribution is 2.28. The van der Waals surface area contributed by atoms with Gasteiger partial charge in [-0.25, -0.2) is 0 Å². The Kier molecular flexibility index (Phi) is 5.34. The van der Waals surface area contributed by atoms with Crippen LogP contribution in [-0.4, -0.2) is 19.2 Å². The van der Waals surface area contributed by atoms with Crippen molar-refractivity contribution in [1.82, 2.24) is 10.5 Å². The minimum absolute atomic E-state index is 0.438. The molecule has 0 aliphatic carbocycles. The van der Waals surface area contributed by atoms with E-state index in [2.05, 4.69) is 10.5 Å². The molecule has 2 aromatic rings. The van der Waals surface area contributed by atoms with Crippen molar-refractivity contribution in [3.8, 4) is 11.5 Å². The Bertz CT molecular complexity index is 532. The summed E-state index contributed by atoms with van der Waals surface area (Å²) in [5, 5.41) is 0. The minimum Gasteiger partial charge on any atom is -0.493 e. The molecule has 2 rings (SSSR count). The second kappa shape index (κ2) is 7.47. The maximum absolute atomic E-state index is 5.41. The van der Waals surface area contributed by atoms with Gasteiger partial charge in [0.1, 0.15) is 5.69 Å². The van der Waals surface area contributed by atoms with Crippen molar-refractivity contribution in [2.75, 3.05) is 14.2 Å². The number of nitrogens with zero attached hydrogens (tertiary/aromatic N) is 1. The first kappa shape index (κ1) is 14.3. The van der Waals surface area contributed by atoms with E-state index in [-0.39, 0.29) is 0 Å². The maximum Gasteiger partial charge on any atom is 0.183 e. The van der Waals surface area contributed by atoms with Gasteiger partial charge >= 0.3 is 0 Å². The quantitative estimate of drug-likeness (QED) is 0.620. The van der Waals surface area contributed by atoms with E-state index in [4.69, 9.17) is 14.3 Å². The van der Waals surface area contributed by atoms with Crippen molar-refractivity contribution in [2.24, 2.45) is 0 Å². The molecule has 0 unspecified atom stereocenters. The van der Waals surface area contributed by atoms with Crippen LogP contribution in [0.1, 0.15) is 11.3 Å². The van der Waals surface area contributed by atoms with E-state index in [1.807, 2.05) is 30.3 Å². The molecule has 5 heteroatoms. The van der Waals surface area contributed by atoms with Crippen molar-refractivity contribution in [2.45, 2.75) is 13.2 Å². The molecule has 1 aromatic heterocycles. The molecule has 20 heavy (non-hydrogen) atoms. The summed E-state index contributed by atoms with van der Waals surface area (Å²) in [6.07, 6.45) is 1.68. The SMILES string of the molecule is COc1ccnc(CNOCc2ccccc2)c1OC. The number of methoxy groups -OCH3 is 2. The van der Waals surface area contributed by atoms with Crippen LogP contribution in [0.5, 0.6) is 11.5 Å². The molecule has 0 bridgehead atoms. The third-order valence-electron chi connectivity index (χ3n) is 2.79. The first-order valence-electron chi connectivity index (χ1n) is 6.29. The third kappa shape index (κ3) is 3.69. The molecule has 0 fully saturated rings. The molecule has 0 radical (unpaired) electrons. The van der Waals surface area contributed by atoms with Gasteiger partial charge in [-0.1, -0.05) is 30.3 Å². The van der Waals surface area contributed by atoms with Crippen LogP contribution in [0, 0.1) is 0 Å². The zero-order valence-electron chi connectivity index (χ0n) is 11.6. The van der Waals surface area contributed by atoms with E-state index < -0.39 is 0 Å². The molecule has 0 saturated carbocycles. The first-order chi connectivity index (χ1) is 9.85. The molecule has 0 atom stereocenters. The number of pyridine rings is 1. The second-order valence-electron chi connectivity index (χ2n) is 4.09. The summed E-state index contributed by atoms with van der Waals surface area (Å²) in [5.41, 5.74) is 4.72. The van der Waals surface area contributed by atoms with Crippen molar-refractivity contribution < 1.29 is 14.3 Å². The Labute approximate surface area is 118 Å². The van der Waals surface area contributed by atoms with Gasteiger partial charge in [0.2, 0.25) is 0 Å². The highest BCUT2D eigenvalue weighted by atomic mass is 16.6. The zero-order chi connectivity index (χ0) is 14.2. The highest BCUT2D eigenvalue weighted by molar-refractivity contribution is 5.42. The predicted molar refractivity (Wildman–Crippen MR) is 75.4 cm³/mol. The topological polar surface area (TPSA) is 52.6 Å². The first-order valence-corrected chi connectivity index (χ1v) is 6.29. The minimum atomic E-state index is 0.438. The normalized spacial score (nSPS) is 10.3.